The van der Waals surface area contributed by atoms with E-state index in [9.17, 15) is 5.11 Å². The quantitative estimate of drug-likeness (QED) is 0.738. The highest BCUT2D eigenvalue weighted by Crippen LogP contribution is 2.32. The van der Waals surface area contributed by atoms with Crippen LogP contribution in [0.5, 0.6) is 11.5 Å². The van der Waals surface area contributed by atoms with Gasteiger partial charge in [0.05, 0.1) is 12.3 Å². The van der Waals surface area contributed by atoms with Gasteiger partial charge >= 0.3 is 0 Å². The van der Waals surface area contributed by atoms with Gasteiger partial charge in [0, 0.05) is 30.2 Å². The van der Waals surface area contributed by atoms with Gasteiger partial charge in [0.25, 0.3) is 0 Å². The molecule has 5 heteroatoms. The zero-order valence-electron chi connectivity index (χ0n) is 14.9. The summed E-state index contributed by atoms with van der Waals surface area (Å²) in [5.41, 5.74) is 3.27. The Morgan fingerprint density at radius 3 is 3.12 bits per heavy atom. The van der Waals surface area contributed by atoms with Crippen LogP contribution in [0.2, 0.25) is 0 Å². The van der Waals surface area contributed by atoms with E-state index in [1.165, 1.54) is 5.56 Å². The number of rotatable bonds is 5. The Morgan fingerprint density at radius 2 is 2.19 bits per heavy atom. The van der Waals surface area contributed by atoms with E-state index in [4.69, 9.17) is 9.47 Å². The van der Waals surface area contributed by atoms with Crippen LogP contribution in [-0.2, 0) is 0 Å². The molecule has 4 rings (SSSR count). The van der Waals surface area contributed by atoms with Crippen LogP contribution in [0.25, 0.3) is 10.9 Å². The number of ether oxygens (including phenoxy) is 2. The van der Waals surface area contributed by atoms with Crippen molar-refractivity contribution in [3.63, 3.8) is 0 Å². The summed E-state index contributed by atoms with van der Waals surface area (Å²) in [4.78, 5) is 5.37. The number of β-amino-alcohol motifs (C(OH)–C–C–N with tert-alkyl or cyclic N) is 1. The molecule has 0 saturated carbocycles. The molecule has 1 aliphatic heterocycles. The molecule has 0 aliphatic carbocycles. The summed E-state index contributed by atoms with van der Waals surface area (Å²) in [6.45, 7) is 4.40. The maximum atomic E-state index is 10.6. The average Bonchev–Trinajstić information content (AvgIpc) is 3.04. The molecule has 1 atom stereocenters. The smallest absolute Gasteiger partial charge is 0.142 e. The van der Waals surface area contributed by atoms with Gasteiger partial charge in [0.15, 0.2) is 0 Å². The summed E-state index contributed by atoms with van der Waals surface area (Å²) in [6.07, 6.45) is 2.24. The molecule has 2 aromatic carbocycles. The SMILES string of the molecule is Cc1ccc2c(c1)N(C[C@@H](O)COc1cccc3[nH]ccc13)CCCO2. The van der Waals surface area contributed by atoms with Gasteiger partial charge in [-0.1, -0.05) is 12.1 Å². The van der Waals surface area contributed by atoms with E-state index >= 15 is 0 Å². The fraction of sp³-hybridized carbons (Fsp3) is 0.333. The largest absolute Gasteiger partial charge is 0.491 e. The molecule has 0 amide bonds. The number of nitrogens with one attached hydrogen (secondary N) is 1. The second kappa shape index (κ2) is 7.30. The molecular formula is C21H24N2O3. The number of hydrogen-bond donors (Lipinski definition) is 2. The Labute approximate surface area is 153 Å². The highest BCUT2D eigenvalue weighted by atomic mass is 16.5. The van der Waals surface area contributed by atoms with Crippen LogP contribution in [-0.4, -0.2) is 42.5 Å². The minimum atomic E-state index is -0.587. The maximum Gasteiger partial charge on any atom is 0.142 e. The fourth-order valence-electron chi connectivity index (χ4n) is 3.42. The molecule has 0 unspecified atom stereocenters. The van der Waals surface area contributed by atoms with Crippen molar-refractivity contribution in [2.75, 3.05) is 31.2 Å². The van der Waals surface area contributed by atoms with Crippen LogP contribution >= 0.6 is 0 Å². The van der Waals surface area contributed by atoms with Crippen LogP contribution in [0, 0.1) is 6.92 Å². The molecule has 0 fully saturated rings. The van der Waals surface area contributed by atoms with E-state index < -0.39 is 6.10 Å². The van der Waals surface area contributed by atoms with Gasteiger partial charge in [0.2, 0.25) is 0 Å². The summed E-state index contributed by atoms with van der Waals surface area (Å²) in [7, 11) is 0. The van der Waals surface area contributed by atoms with E-state index in [2.05, 4.69) is 28.9 Å². The predicted molar refractivity (Wildman–Crippen MR) is 103 cm³/mol. The monoisotopic (exact) mass is 352 g/mol. The lowest BCUT2D eigenvalue weighted by atomic mass is 10.1. The summed E-state index contributed by atoms with van der Waals surface area (Å²) >= 11 is 0. The zero-order valence-corrected chi connectivity index (χ0v) is 14.9. The Bertz CT molecular complexity index is 890. The number of benzene rings is 2. The number of anilines is 1. The highest BCUT2D eigenvalue weighted by Gasteiger charge is 2.20. The molecule has 5 nitrogen and oxygen atoms in total. The molecule has 1 aromatic heterocycles. The van der Waals surface area contributed by atoms with Crippen molar-refractivity contribution in [2.45, 2.75) is 19.4 Å². The molecule has 0 radical (unpaired) electrons. The summed E-state index contributed by atoms with van der Waals surface area (Å²) in [5.74, 6) is 1.68. The van der Waals surface area contributed by atoms with Crippen LogP contribution in [0.4, 0.5) is 5.69 Å². The second-order valence-electron chi connectivity index (χ2n) is 6.78. The predicted octanol–water partition coefficient (Wildman–Crippen LogP) is 3.51. The number of hydrogen-bond acceptors (Lipinski definition) is 4. The zero-order chi connectivity index (χ0) is 17.9. The number of aromatic amines is 1. The van der Waals surface area contributed by atoms with Crippen molar-refractivity contribution in [3.05, 3.63) is 54.2 Å². The Hall–Kier alpha value is -2.66. The third-order valence-corrected chi connectivity index (χ3v) is 4.70. The minimum absolute atomic E-state index is 0.253. The van der Waals surface area contributed by atoms with Crippen molar-refractivity contribution in [2.24, 2.45) is 0 Å². The Kier molecular flexibility index (Phi) is 4.71. The van der Waals surface area contributed by atoms with Gasteiger partial charge < -0.3 is 24.5 Å². The van der Waals surface area contributed by atoms with Crippen molar-refractivity contribution >= 4 is 16.6 Å². The topological polar surface area (TPSA) is 57.7 Å². The highest BCUT2D eigenvalue weighted by molar-refractivity contribution is 5.85. The number of fused-ring (bicyclic) bond motifs is 2. The third kappa shape index (κ3) is 3.48. The first-order chi connectivity index (χ1) is 12.7. The van der Waals surface area contributed by atoms with Gasteiger partial charge in [0.1, 0.15) is 24.2 Å². The van der Waals surface area contributed by atoms with Crippen LogP contribution in [0.3, 0.4) is 0 Å². The number of nitrogens with zero attached hydrogens (tertiary/aromatic N) is 1. The van der Waals surface area contributed by atoms with E-state index in [1.54, 1.807) is 0 Å². The second-order valence-corrected chi connectivity index (χ2v) is 6.78. The summed E-state index contributed by atoms with van der Waals surface area (Å²) < 4.78 is 11.7. The molecular weight excluding hydrogens is 328 g/mol. The van der Waals surface area contributed by atoms with E-state index in [-0.39, 0.29) is 6.61 Å². The molecule has 0 bridgehead atoms. The van der Waals surface area contributed by atoms with Crippen LogP contribution < -0.4 is 14.4 Å². The minimum Gasteiger partial charge on any atom is -0.491 e. The molecule has 0 saturated heterocycles. The third-order valence-electron chi connectivity index (χ3n) is 4.70. The molecule has 0 spiro atoms. The lowest BCUT2D eigenvalue weighted by Crippen LogP contribution is -2.36. The van der Waals surface area contributed by atoms with E-state index in [1.807, 2.05) is 36.5 Å². The van der Waals surface area contributed by atoms with Gasteiger partial charge in [-0.3, -0.25) is 0 Å². The maximum absolute atomic E-state index is 10.6. The molecule has 26 heavy (non-hydrogen) atoms. The van der Waals surface area contributed by atoms with Crippen LogP contribution in [0.15, 0.2) is 48.7 Å². The van der Waals surface area contributed by atoms with Gasteiger partial charge in [-0.25, -0.2) is 0 Å². The lowest BCUT2D eigenvalue weighted by Gasteiger charge is -2.26. The normalized spacial score (nSPS) is 15.2. The number of aliphatic hydroxyl groups excluding tert-OH is 1. The first-order valence-electron chi connectivity index (χ1n) is 9.06. The first-order valence-corrected chi connectivity index (χ1v) is 9.06. The summed E-state index contributed by atoms with van der Waals surface area (Å²) in [5, 5.41) is 11.6. The Balaban J connectivity index is 1.44. The molecule has 2 N–H and O–H groups in total. The van der Waals surface area contributed by atoms with Gasteiger partial charge in [-0.2, -0.15) is 0 Å². The number of aromatic nitrogens is 1. The average molecular weight is 352 g/mol. The number of H-pyrrole nitrogens is 1. The summed E-state index contributed by atoms with van der Waals surface area (Å²) in [6, 6.07) is 14.1. The van der Waals surface area contributed by atoms with Crippen LogP contribution in [0.1, 0.15) is 12.0 Å². The number of aryl methyl sites for hydroxylation is 1. The van der Waals surface area contributed by atoms with E-state index in [0.29, 0.717) is 13.2 Å². The van der Waals surface area contributed by atoms with Gasteiger partial charge in [-0.15, -0.1) is 0 Å². The first kappa shape index (κ1) is 16.8. The Morgan fingerprint density at radius 1 is 1.27 bits per heavy atom. The van der Waals surface area contributed by atoms with Gasteiger partial charge in [-0.05, 0) is 49.2 Å². The van der Waals surface area contributed by atoms with Crippen molar-refractivity contribution < 1.29 is 14.6 Å². The standard InChI is InChI=1S/C21H24N2O3/c1-15-6-7-21-19(12-15)23(10-3-11-25-21)13-16(24)14-26-20-5-2-4-18-17(20)8-9-22-18/h2,4-9,12,16,22,24H,3,10-11,13-14H2,1H3/t16-/m1/s1. The van der Waals surface area contributed by atoms with Crippen molar-refractivity contribution in [3.8, 4) is 11.5 Å². The molecule has 136 valence electrons. The number of aliphatic hydroxyl groups is 1. The van der Waals surface area contributed by atoms with Crippen molar-refractivity contribution in [1.29, 1.82) is 0 Å². The molecule has 1 aliphatic rings. The molecule has 3 aromatic rings. The fourth-order valence-corrected chi connectivity index (χ4v) is 3.42. The molecule has 2 heterocycles. The van der Waals surface area contributed by atoms with Crippen molar-refractivity contribution in [1.82, 2.24) is 4.98 Å². The lowest BCUT2D eigenvalue weighted by molar-refractivity contribution is 0.113. The van der Waals surface area contributed by atoms with E-state index in [0.717, 1.165) is 41.1 Å².